The van der Waals surface area contributed by atoms with E-state index in [1.165, 1.54) is 12.1 Å². The van der Waals surface area contributed by atoms with Crippen LogP contribution in [0.15, 0.2) is 24.3 Å². The van der Waals surface area contributed by atoms with Crippen LogP contribution in [0.5, 0.6) is 5.75 Å². The number of nitrogens with one attached hydrogen (secondary N) is 1. The maximum Gasteiger partial charge on any atom is 0.573 e. The van der Waals surface area contributed by atoms with E-state index in [2.05, 4.69) is 9.72 Å². The van der Waals surface area contributed by atoms with Crippen molar-refractivity contribution in [3.8, 4) is 5.75 Å². The number of hydrogen-bond donors (Lipinski definition) is 1. The van der Waals surface area contributed by atoms with E-state index in [9.17, 15) is 13.2 Å². The van der Waals surface area contributed by atoms with Crippen molar-refractivity contribution < 1.29 is 17.9 Å². The van der Waals surface area contributed by atoms with Crippen LogP contribution in [0, 0.1) is 6.92 Å². The Morgan fingerprint density at radius 3 is 2.41 bits per heavy atom. The molecule has 94 valence electrons. The standard InChI is InChI=1S/C10H8F3NO.C2H6/c1-6-5-7-8(14-6)3-2-4-9(7)15-10(11,12)13;1-2/h2-5,14H,1H3;1-2H3. The van der Waals surface area contributed by atoms with E-state index < -0.39 is 6.36 Å². The van der Waals surface area contributed by atoms with Gasteiger partial charge in [-0.2, -0.15) is 0 Å². The second-order valence-corrected chi connectivity index (χ2v) is 3.22. The van der Waals surface area contributed by atoms with Gasteiger partial charge in [0.1, 0.15) is 5.75 Å². The van der Waals surface area contributed by atoms with Crippen molar-refractivity contribution in [2.45, 2.75) is 27.1 Å². The fraction of sp³-hybridized carbons (Fsp3) is 0.333. The molecule has 2 aromatic rings. The van der Waals surface area contributed by atoms with Crippen LogP contribution in [0.25, 0.3) is 10.9 Å². The number of aryl methyl sites for hydroxylation is 1. The Morgan fingerprint density at radius 2 is 1.82 bits per heavy atom. The first-order valence-electron chi connectivity index (χ1n) is 5.30. The fourth-order valence-corrected chi connectivity index (χ4v) is 1.48. The lowest BCUT2D eigenvalue weighted by atomic mass is 10.2. The topological polar surface area (TPSA) is 25.0 Å². The molecule has 0 amide bonds. The molecule has 0 aliphatic rings. The molecule has 5 heteroatoms. The lowest BCUT2D eigenvalue weighted by molar-refractivity contribution is -0.274. The third-order valence-corrected chi connectivity index (χ3v) is 1.98. The van der Waals surface area contributed by atoms with Gasteiger partial charge in [-0.05, 0) is 25.1 Å². The summed E-state index contributed by atoms with van der Waals surface area (Å²) in [5, 5.41) is 0.437. The third-order valence-electron chi connectivity index (χ3n) is 1.98. The van der Waals surface area contributed by atoms with Crippen molar-refractivity contribution in [3.63, 3.8) is 0 Å². The highest BCUT2D eigenvalue weighted by Gasteiger charge is 2.31. The fourth-order valence-electron chi connectivity index (χ4n) is 1.48. The van der Waals surface area contributed by atoms with Crippen molar-refractivity contribution in [1.29, 1.82) is 0 Å². The second kappa shape index (κ2) is 5.12. The summed E-state index contributed by atoms with van der Waals surface area (Å²) in [6, 6.07) is 6.13. The molecule has 0 saturated heterocycles. The molecule has 1 heterocycles. The van der Waals surface area contributed by atoms with Gasteiger partial charge in [-0.15, -0.1) is 13.2 Å². The Bertz CT molecular complexity index is 488. The summed E-state index contributed by atoms with van der Waals surface area (Å²) in [4.78, 5) is 2.94. The first-order chi connectivity index (χ1) is 7.96. The Balaban J connectivity index is 0.000000686. The highest BCUT2D eigenvalue weighted by atomic mass is 19.4. The first-order valence-corrected chi connectivity index (χ1v) is 5.30. The average molecular weight is 245 g/mol. The largest absolute Gasteiger partial charge is 0.573 e. The van der Waals surface area contributed by atoms with Crippen LogP contribution in [0.1, 0.15) is 19.5 Å². The normalized spacial score (nSPS) is 10.9. The molecule has 0 aliphatic carbocycles. The molecule has 0 saturated carbocycles. The molecule has 2 nitrogen and oxygen atoms in total. The summed E-state index contributed by atoms with van der Waals surface area (Å²) in [6.07, 6.45) is -4.65. The van der Waals surface area contributed by atoms with Crippen LogP contribution in [-0.4, -0.2) is 11.3 Å². The third kappa shape index (κ3) is 3.41. The van der Waals surface area contributed by atoms with Crippen molar-refractivity contribution in [3.05, 3.63) is 30.0 Å². The van der Waals surface area contributed by atoms with Crippen LogP contribution >= 0.6 is 0 Å². The van der Waals surface area contributed by atoms with Gasteiger partial charge < -0.3 is 9.72 Å². The molecular weight excluding hydrogens is 231 g/mol. The number of aromatic nitrogens is 1. The molecule has 0 radical (unpaired) electrons. The molecule has 1 aromatic heterocycles. The van der Waals surface area contributed by atoms with Gasteiger partial charge in [0, 0.05) is 16.6 Å². The van der Waals surface area contributed by atoms with E-state index in [1.54, 1.807) is 19.1 Å². The predicted octanol–water partition coefficient (Wildman–Crippen LogP) is 4.40. The molecule has 1 aromatic carbocycles. The highest BCUT2D eigenvalue weighted by Crippen LogP contribution is 2.30. The molecule has 1 N–H and O–H groups in total. The number of aromatic amines is 1. The van der Waals surface area contributed by atoms with E-state index in [-0.39, 0.29) is 5.75 Å². The maximum atomic E-state index is 12.0. The van der Waals surface area contributed by atoms with Crippen molar-refractivity contribution in [2.24, 2.45) is 0 Å². The molecule has 0 spiro atoms. The van der Waals surface area contributed by atoms with E-state index in [1.807, 2.05) is 13.8 Å². The molecule has 0 fully saturated rings. The number of benzene rings is 1. The zero-order chi connectivity index (χ0) is 13.1. The number of alkyl halides is 3. The van der Waals surface area contributed by atoms with E-state index in [4.69, 9.17) is 0 Å². The van der Waals surface area contributed by atoms with Crippen LogP contribution < -0.4 is 4.74 Å². The monoisotopic (exact) mass is 245 g/mol. The summed E-state index contributed by atoms with van der Waals surface area (Å²) >= 11 is 0. The Kier molecular flexibility index (Phi) is 4.04. The average Bonchev–Trinajstić information content (AvgIpc) is 2.60. The Labute approximate surface area is 97.4 Å². The van der Waals surface area contributed by atoms with Crippen LogP contribution in [0.2, 0.25) is 0 Å². The molecule has 0 unspecified atom stereocenters. The van der Waals surface area contributed by atoms with Crippen molar-refractivity contribution in [2.75, 3.05) is 0 Å². The quantitative estimate of drug-likeness (QED) is 0.791. The number of ether oxygens (including phenoxy) is 1. The molecule has 17 heavy (non-hydrogen) atoms. The molecule has 0 bridgehead atoms. The van der Waals surface area contributed by atoms with Gasteiger partial charge in [-0.3, -0.25) is 0 Å². The highest BCUT2D eigenvalue weighted by molar-refractivity contribution is 5.86. The number of H-pyrrole nitrogens is 1. The first kappa shape index (κ1) is 13.4. The summed E-state index contributed by atoms with van der Waals surface area (Å²) in [6.45, 7) is 5.78. The molecule has 0 atom stereocenters. The minimum atomic E-state index is -4.65. The van der Waals surface area contributed by atoms with Gasteiger partial charge in [-0.1, -0.05) is 19.9 Å². The summed E-state index contributed by atoms with van der Waals surface area (Å²) in [5.74, 6) is -0.177. The summed E-state index contributed by atoms with van der Waals surface area (Å²) in [5.41, 5.74) is 1.43. The van der Waals surface area contributed by atoms with E-state index >= 15 is 0 Å². The smallest absolute Gasteiger partial charge is 0.405 e. The van der Waals surface area contributed by atoms with E-state index in [0.717, 1.165) is 5.69 Å². The molecule has 0 aliphatic heterocycles. The summed E-state index contributed by atoms with van der Waals surface area (Å²) < 4.78 is 40.0. The van der Waals surface area contributed by atoms with Gasteiger partial charge in [0.15, 0.2) is 0 Å². The van der Waals surface area contributed by atoms with Crippen LogP contribution in [-0.2, 0) is 0 Å². The van der Waals surface area contributed by atoms with Gasteiger partial charge in [0.2, 0.25) is 0 Å². The predicted molar refractivity (Wildman–Crippen MR) is 61.1 cm³/mol. The lowest BCUT2D eigenvalue weighted by Crippen LogP contribution is -2.17. The number of hydrogen-bond acceptors (Lipinski definition) is 1. The lowest BCUT2D eigenvalue weighted by Gasteiger charge is -2.09. The SMILES string of the molecule is CC.Cc1cc2c(OC(F)(F)F)cccc2[nH]1. The van der Waals surface area contributed by atoms with Crippen LogP contribution in [0.3, 0.4) is 0 Å². The van der Waals surface area contributed by atoms with Gasteiger partial charge in [0.25, 0.3) is 0 Å². The van der Waals surface area contributed by atoms with Crippen molar-refractivity contribution >= 4 is 10.9 Å². The minimum absolute atomic E-state index is 0.177. The maximum absolute atomic E-state index is 12.0. The molecule has 2 rings (SSSR count). The minimum Gasteiger partial charge on any atom is -0.405 e. The van der Waals surface area contributed by atoms with Gasteiger partial charge >= 0.3 is 6.36 Å². The Morgan fingerprint density at radius 1 is 1.18 bits per heavy atom. The van der Waals surface area contributed by atoms with Gasteiger partial charge in [0.05, 0.1) is 0 Å². The molecular formula is C12H14F3NO. The summed E-state index contributed by atoms with van der Waals surface area (Å²) in [7, 11) is 0. The second-order valence-electron chi connectivity index (χ2n) is 3.22. The van der Waals surface area contributed by atoms with E-state index in [0.29, 0.717) is 10.9 Å². The van der Waals surface area contributed by atoms with Gasteiger partial charge in [-0.25, -0.2) is 0 Å². The van der Waals surface area contributed by atoms with Crippen molar-refractivity contribution in [1.82, 2.24) is 4.98 Å². The number of rotatable bonds is 1. The Hall–Kier alpha value is -1.65. The number of halogens is 3. The zero-order valence-corrected chi connectivity index (χ0v) is 9.85. The zero-order valence-electron chi connectivity index (χ0n) is 9.85. The number of fused-ring (bicyclic) bond motifs is 1. The van der Waals surface area contributed by atoms with Crippen LogP contribution in [0.4, 0.5) is 13.2 Å².